The third-order valence-electron chi connectivity index (χ3n) is 5.31. The minimum absolute atomic E-state index is 0.0550. The predicted molar refractivity (Wildman–Crippen MR) is 112 cm³/mol. The van der Waals surface area contributed by atoms with Gasteiger partial charge in [-0.05, 0) is 57.5 Å². The summed E-state index contributed by atoms with van der Waals surface area (Å²) in [5.74, 6) is 0.774. The van der Waals surface area contributed by atoms with Crippen LogP contribution in [0.3, 0.4) is 0 Å². The van der Waals surface area contributed by atoms with Gasteiger partial charge in [-0.2, -0.15) is 5.10 Å². The van der Waals surface area contributed by atoms with Gasteiger partial charge in [0.25, 0.3) is 0 Å². The van der Waals surface area contributed by atoms with Gasteiger partial charge in [0.05, 0.1) is 5.69 Å². The smallest absolute Gasteiger partial charge is 0.242 e. The Labute approximate surface area is 173 Å². The SMILES string of the molecule is Cc1cc(C)n(CC(=O)NCc2cccc(OCCN(C)C3CCOCC3)c2)n1. The molecule has 1 aliphatic rings. The van der Waals surface area contributed by atoms with Crippen LogP contribution in [0.4, 0.5) is 0 Å². The zero-order valence-electron chi connectivity index (χ0n) is 17.7. The van der Waals surface area contributed by atoms with Gasteiger partial charge in [0.2, 0.25) is 5.91 Å². The van der Waals surface area contributed by atoms with Crippen molar-refractivity contribution in [2.45, 2.75) is 45.8 Å². The summed E-state index contributed by atoms with van der Waals surface area (Å²) in [5.41, 5.74) is 2.92. The normalized spacial score (nSPS) is 14.9. The Morgan fingerprint density at radius 1 is 1.31 bits per heavy atom. The zero-order valence-corrected chi connectivity index (χ0v) is 17.7. The first kappa shape index (κ1) is 21.3. The molecule has 0 radical (unpaired) electrons. The van der Waals surface area contributed by atoms with Crippen molar-refractivity contribution in [1.82, 2.24) is 20.0 Å². The van der Waals surface area contributed by atoms with E-state index in [4.69, 9.17) is 9.47 Å². The van der Waals surface area contributed by atoms with Crippen LogP contribution in [-0.4, -0.2) is 60.0 Å². The molecular weight excluding hydrogens is 368 g/mol. The highest BCUT2D eigenvalue weighted by Gasteiger charge is 2.18. The minimum Gasteiger partial charge on any atom is -0.492 e. The molecule has 7 heteroatoms. The summed E-state index contributed by atoms with van der Waals surface area (Å²) in [4.78, 5) is 14.6. The maximum atomic E-state index is 12.2. The van der Waals surface area contributed by atoms with Gasteiger partial charge in [-0.25, -0.2) is 0 Å². The Bertz CT molecular complexity index is 799. The van der Waals surface area contributed by atoms with Crippen LogP contribution in [0, 0.1) is 13.8 Å². The number of rotatable bonds is 9. The standard InChI is InChI=1S/C22H32N4O3/c1-17-13-18(2)26(24-17)16-22(27)23-15-19-5-4-6-21(14-19)29-12-9-25(3)20-7-10-28-11-8-20/h4-6,13-14,20H,7-12,15-16H2,1-3H3,(H,23,27). The fourth-order valence-electron chi connectivity index (χ4n) is 3.59. The topological polar surface area (TPSA) is 68.6 Å². The lowest BCUT2D eigenvalue weighted by Crippen LogP contribution is -2.38. The van der Waals surface area contributed by atoms with Crippen molar-refractivity contribution in [2.75, 3.05) is 33.4 Å². The number of hydrogen-bond donors (Lipinski definition) is 1. The maximum absolute atomic E-state index is 12.2. The highest BCUT2D eigenvalue weighted by Crippen LogP contribution is 2.15. The fraction of sp³-hybridized carbons (Fsp3) is 0.545. The summed E-state index contributed by atoms with van der Waals surface area (Å²) in [7, 11) is 2.15. The lowest BCUT2D eigenvalue weighted by Gasteiger charge is -2.31. The molecule has 2 heterocycles. The number of nitrogens with zero attached hydrogens (tertiary/aromatic N) is 3. The minimum atomic E-state index is -0.0550. The molecule has 1 saturated heterocycles. The van der Waals surface area contributed by atoms with Crippen molar-refractivity contribution < 1.29 is 14.3 Å². The highest BCUT2D eigenvalue weighted by atomic mass is 16.5. The molecule has 0 atom stereocenters. The van der Waals surface area contributed by atoms with E-state index in [1.165, 1.54) is 0 Å². The first-order chi connectivity index (χ1) is 14.0. The van der Waals surface area contributed by atoms with Crippen molar-refractivity contribution in [1.29, 1.82) is 0 Å². The van der Waals surface area contributed by atoms with Crippen molar-refractivity contribution in [3.8, 4) is 5.75 Å². The van der Waals surface area contributed by atoms with E-state index in [1.54, 1.807) is 4.68 Å². The number of likely N-dealkylation sites (N-methyl/N-ethyl adjacent to an activating group) is 1. The monoisotopic (exact) mass is 400 g/mol. The lowest BCUT2D eigenvalue weighted by atomic mass is 10.1. The first-order valence-corrected chi connectivity index (χ1v) is 10.3. The molecule has 0 aliphatic carbocycles. The summed E-state index contributed by atoms with van der Waals surface area (Å²) in [6, 6.07) is 10.4. The molecule has 158 valence electrons. The van der Waals surface area contributed by atoms with Gasteiger partial charge in [-0.1, -0.05) is 12.1 Å². The number of aryl methyl sites for hydroxylation is 2. The van der Waals surface area contributed by atoms with Gasteiger partial charge in [0.1, 0.15) is 18.9 Å². The van der Waals surface area contributed by atoms with Crippen molar-refractivity contribution in [3.63, 3.8) is 0 Å². The number of carbonyl (C=O) groups is 1. The van der Waals surface area contributed by atoms with E-state index in [0.717, 1.165) is 55.3 Å². The number of amides is 1. The van der Waals surface area contributed by atoms with Crippen molar-refractivity contribution in [3.05, 3.63) is 47.3 Å². The van der Waals surface area contributed by atoms with Crippen LogP contribution < -0.4 is 10.1 Å². The molecule has 0 bridgehead atoms. The molecule has 0 unspecified atom stereocenters. The number of hydrogen-bond acceptors (Lipinski definition) is 5. The van der Waals surface area contributed by atoms with E-state index in [1.807, 2.05) is 44.2 Å². The largest absolute Gasteiger partial charge is 0.492 e. The molecule has 1 aromatic heterocycles. The van der Waals surface area contributed by atoms with E-state index in [2.05, 4.69) is 22.4 Å². The number of nitrogens with one attached hydrogen (secondary N) is 1. The van der Waals surface area contributed by atoms with Crippen LogP contribution in [0.5, 0.6) is 5.75 Å². The highest BCUT2D eigenvalue weighted by molar-refractivity contribution is 5.75. The summed E-state index contributed by atoms with van der Waals surface area (Å²) < 4.78 is 13.1. The van der Waals surface area contributed by atoms with Crippen LogP contribution in [0.15, 0.2) is 30.3 Å². The Morgan fingerprint density at radius 2 is 2.10 bits per heavy atom. The number of carbonyl (C=O) groups excluding carboxylic acids is 1. The second kappa shape index (κ2) is 10.4. The third-order valence-corrected chi connectivity index (χ3v) is 5.31. The number of ether oxygens (including phenoxy) is 2. The second-order valence-corrected chi connectivity index (χ2v) is 7.68. The quantitative estimate of drug-likeness (QED) is 0.700. The van der Waals surface area contributed by atoms with Gasteiger partial charge < -0.3 is 14.8 Å². The van der Waals surface area contributed by atoms with Crippen LogP contribution in [0.1, 0.15) is 29.8 Å². The molecule has 1 aromatic carbocycles. The summed E-state index contributed by atoms with van der Waals surface area (Å²) in [6.07, 6.45) is 2.17. The average molecular weight is 401 g/mol. The Morgan fingerprint density at radius 3 is 2.83 bits per heavy atom. The molecule has 7 nitrogen and oxygen atoms in total. The second-order valence-electron chi connectivity index (χ2n) is 7.68. The van der Waals surface area contributed by atoms with E-state index in [-0.39, 0.29) is 12.5 Å². The first-order valence-electron chi connectivity index (χ1n) is 10.3. The summed E-state index contributed by atoms with van der Waals surface area (Å²) in [6.45, 7) is 7.80. The van der Waals surface area contributed by atoms with E-state index < -0.39 is 0 Å². The molecule has 1 amide bonds. The maximum Gasteiger partial charge on any atom is 0.242 e. The van der Waals surface area contributed by atoms with Crippen LogP contribution in [0.2, 0.25) is 0 Å². The van der Waals surface area contributed by atoms with Gasteiger partial charge in [-0.15, -0.1) is 0 Å². The molecule has 1 fully saturated rings. The van der Waals surface area contributed by atoms with Crippen LogP contribution in [0.25, 0.3) is 0 Å². The third kappa shape index (κ3) is 6.58. The average Bonchev–Trinajstić information content (AvgIpc) is 3.04. The molecule has 0 spiro atoms. The Hall–Kier alpha value is -2.38. The molecule has 29 heavy (non-hydrogen) atoms. The summed E-state index contributed by atoms with van der Waals surface area (Å²) >= 11 is 0. The van der Waals surface area contributed by atoms with E-state index in [9.17, 15) is 4.79 Å². The molecule has 0 saturated carbocycles. The van der Waals surface area contributed by atoms with Crippen molar-refractivity contribution in [2.24, 2.45) is 0 Å². The molecular formula is C22H32N4O3. The molecule has 3 rings (SSSR count). The predicted octanol–water partition coefficient (Wildman–Crippen LogP) is 2.31. The van der Waals surface area contributed by atoms with Crippen molar-refractivity contribution >= 4 is 5.91 Å². The zero-order chi connectivity index (χ0) is 20.6. The molecule has 1 aliphatic heterocycles. The number of benzene rings is 1. The fourth-order valence-corrected chi connectivity index (χ4v) is 3.59. The Kier molecular flexibility index (Phi) is 7.66. The van der Waals surface area contributed by atoms with E-state index >= 15 is 0 Å². The molecule has 2 aromatic rings. The molecule has 1 N–H and O–H groups in total. The van der Waals surface area contributed by atoms with Crippen LogP contribution in [-0.2, 0) is 22.6 Å². The van der Waals surface area contributed by atoms with Gasteiger partial charge in [-0.3, -0.25) is 14.4 Å². The van der Waals surface area contributed by atoms with Gasteiger partial charge >= 0.3 is 0 Å². The lowest BCUT2D eigenvalue weighted by molar-refractivity contribution is -0.122. The van der Waals surface area contributed by atoms with E-state index in [0.29, 0.717) is 19.2 Å². The van der Waals surface area contributed by atoms with Gasteiger partial charge in [0.15, 0.2) is 0 Å². The Balaban J connectivity index is 1.41. The number of aromatic nitrogens is 2. The van der Waals surface area contributed by atoms with Gasteiger partial charge in [0, 0.05) is 38.0 Å². The van der Waals surface area contributed by atoms with Crippen LogP contribution >= 0.6 is 0 Å². The summed E-state index contributed by atoms with van der Waals surface area (Å²) in [5, 5.41) is 7.28.